The number of rotatable bonds is 5. The quantitative estimate of drug-likeness (QED) is 0.882. The van der Waals surface area contributed by atoms with Crippen LogP contribution in [0.4, 0.5) is 0 Å². The minimum atomic E-state index is -0.769. The van der Waals surface area contributed by atoms with Crippen LogP contribution in [0.25, 0.3) is 10.6 Å². The predicted molar refractivity (Wildman–Crippen MR) is 97.8 cm³/mol. The summed E-state index contributed by atoms with van der Waals surface area (Å²) in [7, 11) is 0. The molecule has 3 rings (SSSR count). The van der Waals surface area contributed by atoms with Gasteiger partial charge in [0.25, 0.3) is 5.91 Å². The molecule has 2 heterocycles. The zero-order chi connectivity index (χ0) is 17.8. The Balaban J connectivity index is 1.71. The Morgan fingerprint density at radius 1 is 1.40 bits per heavy atom. The lowest BCUT2D eigenvalue weighted by Gasteiger charge is -2.32. The van der Waals surface area contributed by atoms with Gasteiger partial charge in [-0.15, -0.1) is 11.3 Å². The van der Waals surface area contributed by atoms with Crippen molar-refractivity contribution in [3.8, 4) is 10.6 Å². The molecule has 5 nitrogen and oxygen atoms in total. The van der Waals surface area contributed by atoms with Gasteiger partial charge in [-0.2, -0.15) is 0 Å². The molecule has 0 radical (unpaired) electrons. The summed E-state index contributed by atoms with van der Waals surface area (Å²) in [5, 5.41) is 11.8. The number of likely N-dealkylation sites (tertiary alicyclic amines) is 1. The van der Waals surface area contributed by atoms with E-state index < -0.39 is 5.97 Å². The van der Waals surface area contributed by atoms with Crippen molar-refractivity contribution < 1.29 is 14.7 Å². The predicted octanol–water partition coefficient (Wildman–Crippen LogP) is 3.84. The van der Waals surface area contributed by atoms with Crippen LogP contribution in [0.3, 0.4) is 0 Å². The zero-order valence-electron chi connectivity index (χ0n) is 14.3. The van der Waals surface area contributed by atoms with Gasteiger partial charge in [-0.05, 0) is 44.2 Å². The number of hydrogen-bond donors (Lipinski definition) is 1. The molecule has 0 bridgehead atoms. The molecule has 0 spiro atoms. The van der Waals surface area contributed by atoms with E-state index in [4.69, 9.17) is 5.11 Å². The SMILES string of the molecule is Cc1csc(-c2cccc(C(=O)N3CCCC(CCC(=O)O)C3)c2)n1. The number of nitrogens with zero attached hydrogens (tertiary/aromatic N) is 2. The second-order valence-corrected chi connectivity index (χ2v) is 7.42. The number of piperidine rings is 1. The lowest BCUT2D eigenvalue weighted by atomic mass is 9.93. The van der Waals surface area contributed by atoms with Gasteiger partial charge in [0.15, 0.2) is 0 Å². The average molecular weight is 358 g/mol. The fourth-order valence-corrected chi connectivity index (χ4v) is 4.06. The van der Waals surface area contributed by atoms with Crippen LogP contribution in [0.15, 0.2) is 29.6 Å². The van der Waals surface area contributed by atoms with Crippen LogP contribution in [0, 0.1) is 12.8 Å². The summed E-state index contributed by atoms with van der Waals surface area (Å²) in [6, 6.07) is 7.61. The van der Waals surface area contributed by atoms with Gasteiger partial charge < -0.3 is 10.0 Å². The molecule has 1 aliphatic rings. The molecule has 25 heavy (non-hydrogen) atoms. The maximum absolute atomic E-state index is 12.9. The summed E-state index contributed by atoms with van der Waals surface area (Å²) < 4.78 is 0. The van der Waals surface area contributed by atoms with Gasteiger partial charge >= 0.3 is 5.97 Å². The van der Waals surface area contributed by atoms with E-state index in [2.05, 4.69) is 4.98 Å². The van der Waals surface area contributed by atoms with Crippen molar-refractivity contribution in [1.29, 1.82) is 0 Å². The number of carboxylic acid groups (broad SMARTS) is 1. The summed E-state index contributed by atoms with van der Waals surface area (Å²) >= 11 is 1.58. The number of carbonyl (C=O) groups is 2. The highest BCUT2D eigenvalue weighted by Gasteiger charge is 2.25. The number of carbonyl (C=O) groups excluding carboxylic acids is 1. The Morgan fingerprint density at radius 3 is 2.96 bits per heavy atom. The average Bonchev–Trinajstić information content (AvgIpc) is 3.06. The Morgan fingerprint density at radius 2 is 2.24 bits per heavy atom. The summed E-state index contributed by atoms with van der Waals surface area (Å²) in [6.07, 6.45) is 2.74. The zero-order valence-corrected chi connectivity index (χ0v) is 15.1. The van der Waals surface area contributed by atoms with Gasteiger partial charge in [-0.3, -0.25) is 9.59 Å². The molecule has 1 unspecified atom stereocenters. The van der Waals surface area contributed by atoms with Crippen LogP contribution >= 0.6 is 11.3 Å². The van der Waals surface area contributed by atoms with Crippen molar-refractivity contribution in [1.82, 2.24) is 9.88 Å². The lowest BCUT2D eigenvalue weighted by molar-refractivity contribution is -0.137. The van der Waals surface area contributed by atoms with Crippen molar-refractivity contribution in [3.05, 3.63) is 40.9 Å². The van der Waals surface area contributed by atoms with Crippen molar-refractivity contribution in [2.24, 2.45) is 5.92 Å². The van der Waals surface area contributed by atoms with Crippen molar-refractivity contribution in [2.45, 2.75) is 32.6 Å². The lowest BCUT2D eigenvalue weighted by Crippen LogP contribution is -2.40. The molecule has 1 amide bonds. The van der Waals surface area contributed by atoms with E-state index >= 15 is 0 Å². The number of aromatic nitrogens is 1. The molecule has 0 aliphatic carbocycles. The molecule has 1 N–H and O–H groups in total. The van der Waals surface area contributed by atoms with Gasteiger partial charge in [0.2, 0.25) is 0 Å². The van der Waals surface area contributed by atoms with Crippen LogP contribution in [0.2, 0.25) is 0 Å². The second-order valence-electron chi connectivity index (χ2n) is 6.57. The normalized spacial score (nSPS) is 17.5. The standard InChI is InChI=1S/C19H22N2O3S/c1-13-12-25-18(20-13)15-5-2-6-16(10-15)19(24)21-9-3-4-14(11-21)7-8-17(22)23/h2,5-6,10,12,14H,3-4,7-9,11H2,1H3,(H,22,23). The third-order valence-electron chi connectivity index (χ3n) is 4.55. The van der Waals surface area contributed by atoms with Crippen molar-refractivity contribution >= 4 is 23.2 Å². The molecule has 1 aliphatic heterocycles. The molecule has 1 saturated heterocycles. The van der Waals surface area contributed by atoms with E-state index in [1.54, 1.807) is 11.3 Å². The molecule has 2 aromatic rings. The molecule has 132 valence electrons. The van der Waals surface area contributed by atoms with Crippen LogP contribution in [-0.2, 0) is 4.79 Å². The summed E-state index contributed by atoms with van der Waals surface area (Å²) in [5.74, 6) is -0.469. The van der Waals surface area contributed by atoms with Gasteiger partial charge in [0.05, 0.1) is 0 Å². The molecule has 1 aromatic carbocycles. The maximum atomic E-state index is 12.9. The van der Waals surface area contributed by atoms with E-state index in [0.717, 1.165) is 35.7 Å². The van der Waals surface area contributed by atoms with Crippen LogP contribution in [0.5, 0.6) is 0 Å². The van der Waals surface area contributed by atoms with E-state index in [-0.39, 0.29) is 18.2 Å². The highest BCUT2D eigenvalue weighted by Crippen LogP contribution is 2.26. The first-order valence-corrected chi connectivity index (χ1v) is 9.44. The number of carboxylic acids is 1. The molecule has 0 saturated carbocycles. The van der Waals surface area contributed by atoms with Crippen molar-refractivity contribution in [2.75, 3.05) is 13.1 Å². The summed E-state index contributed by atoms with van der Waals surface area (Å²) in [4.78, 5) is 30.0. The molecule has 1 atom stereocenters. The van der Waals surface area contributed by atoms with Crippen LogP contribution in [0.1, 0.15) is 41.7 Å². The number of hydrogen-bond acceptors (Lipinski definition) is 4. The first-order valence-electron chi connectivity index (χ1n) is 8.56. The number of amides is 1. The van der Waals surface area contributed by atoms with Gasteiger partial charge in [0, 0.05) is 41.7 Å². The van der Waals surface area contributed by atoms with E-state index in [0.29, 0.717) is 18.5 Å². The van der Waals surface area contributed by atoms with Gasteiger partial charge in [-0.25, -0.2) is 4.98 Å². The monoisotopic (exact) mass is 358 g/mol. The Bertz CT molecular complexity index is 772. The van der Waals surface area contributed by atoms with E-state index in [9.17, 15) is 9.59 Å². The third kappa shape index (κ3) is 4.45. The highest BCUT2D eigenvalue weighted by molar-refractivity contribution is 7.13. The molecular weight excluding hydrogens is 336 g/mol. The number of aryl methyl sites for hydroxylation is 1. The first kappa shape index (κ1) is 17.6. The van der Waals surface area contributed by atoms with Crippen LogP contribution < -0.4 is 0 Å². The summed E-state index contributed by atoms with van der Waals surface area (Å²) in [5.41, 5.74) is 2.61. The topological polar surface area (TPSA) is 70.5 Å². The molecule has 6 heteroatoms. The Labute approximate surface area is 151 Å². The fraction of sp³-hybridized carbons (Fsp3) is 0.421. The highest BCUT2D eigenvalue weighted by atomic mass is 32.1. The summed E-state index contributed by atoms with van der Waals surface area (Å²) in [6.45, 7) is 3.34. The smallest absolute Gasteiger partial charge is 0.303 e. The third-order valence-corrected chi connectivity index (χ3v) is 5.56. The van der Waals surface area contributed by atoms with Gasteiger partial charge in [0.1, 0.15) is 5.01 Å². The maximum Gasteiger partial charge on any atom is 0.303 e. The Kier molecular flexibility index (Phi) is 5.48. The van der Waals surface area contributed by atoms with Crippen LogP contribution in [-0.4, -0.2) is 40.0 Å². The van der Waals surface area contributed by atoms with Crippen molar-refractivity contribution in [3.63, 3.8) is 0 Å². The number of benzene rings is 1. The number of aliphatic carboxylic acids is 1. The molecule has 1 fully saturated rings. The molecule has 1 aromatic heterocycles. The van der Waals surface area contributed by atoms with Gasteiger partial charge in [-0.1, -0.05) is 12.1 Å². The van der Waals surface area contributed by atoms with E-state index in [1.165, 1.54) is 0 Å². The minimum Gasteiger partial charge on any atom is -0.481 e. The minimum absolute atomic E-state index is 0.0233. The largest absolute Gasteiger partial charge is 0.481 e. The number of thiazole rings is 1. The molecular formula is C19H22N2O3S. The van der Waals surface area contributed by atoms with E-state index in [1.807, 2.05) is 41.5 Å². The first-order chi connectivity index (χ1) is 12.0. The second kappa shape index (κ2) is 7.78. The fourth-order valence-electron chi connectivity index (χ4n) is 3.27. The Hall–Kier alpha value is -2.21.